The SMILES string of the molecule is COc1cc(C(=O)N2CCCC(CN(C)C(=O)OC(C)(C)C)C2)ccc1C. The lowest BCUT2D eigenvalue weighted by atomic mass is 9.96. The Morgan fingerprint density at radius 2 is 2.00 bits per heavy atom. The number of ether oxygens (including phenoxy) is 2. The minimum Gasteiger partial charge on any atom is -0.496 e. The van der Waals surface area contributed by atoms with Crippen LogP contribution in [0.25, 0.3) is 0 Å². The van der Waals surface area contributed by atoms with Crippen LogP contribution in [0.2, 0.25) is 0 Å². The molecule has 2 amide bonds. The zero-order chi connectivity index (χ0) is 20.2. The Bertz CT molecular complexity index is 681. The minimum absolute atomic E-state index is 0.0120. The molecule has 0 aromatic heterocycles. The van der Waals surface area contributed by atoms with Gasteiger partial charge in [0, 0.05) is 32.2 Å². The van der Waals surface area contributed by atoms with Gasteiger partial charge in [-0.2, -0.15) is 0 Å². The fourth-order valence-corrected chi connectivity index (χ4v) is 3.34. The van der Waals surface area contributed by atoms with E-state index in [0.717, 1.165) is 30.7 Å². The minimum atomic E-state index is -0.510. The third-order valence-electron chi connectivity index (χ3n) is 4.70. The standard InChI is InChI=1S/C21H32N2O4/c1-15-9-10-17(12-18(15)26-6)19(24)23-11-7-8-16(14-23)13-22(5)20(25)27-21(2,3)4/h9-10,12,16H,7-8,11,13-14H2,1-6H3. The molecule has 6 heteroatoms. The lowest BCUT2D eigenvalue weighted by molar-refractivity contribution is 0.0244. The van der Waals surface area contributed by atoms with Crippen molar-refractivity contribution in [1.29, 1.82) is 0 Å². The summed E-state index contributed by atoms with van der Waals surface area (Å²) in [5.41, 5.74) is 1.13. The number of hydrogen-bond acceptors (Lipinski definition) is 4. The largest absolute Gasteiger partial charge is 0.496 e. The Hall–Kier alpha value is -2.24. The molecular weight excluding hydrogens is 344 g/mol. The number of aryl methyl sites for hydroxylation is 1. The Balaban J connectivity index is 1.99. The van der Waals surface area contributed by atoms with Gasteiger partial charge < -0.3 is 19.3 Å². The van der Waals surface area contributed by atoms with E-state index in [0.29, 0.717) is 18.7 Å². The smallest absolute Gasteiger partial charge is 0.410 e. The molecule has 0 N–H and O–H groups in total. The molecule has 1 fully saturated rings. The molecule has 1 saturated heterocycles. The van der Waals surface area contributed by atoms with Gasteiger partial charge in [-0.05, 0) is 64.2 Å². The van der Waals surface area contributed by atoms with Gasteiger partial charge in [0.1, 0.15) is 11.4 Å². The van der Waals surface area contributed by atoms with Crippen LogP contribution in [-0.4, -0.2) is 61.2 Å². The molecule has 150 valence electrons. The quantitative estimate of drug-likeness (QED) is 0.803. The maximum Gasteiger partial charge on any atom is 0.410 e. The molecule has 2 rings (SSSR count). The molecule has 27 heavy (non-hydrogen) atoms. The van der Waals surface area contributed by atoms with Gasteiger partial charge in [-0.3, -0.25) is 4.79 Å². The number of nitrogens with zero attached hydrogens (tertiary/aromatic N) is 2. The molecule has 1 aliphatic rings. The Kier molecular flexibility index (Phi) is 6.73. The van der Waals surface area contributed by atoms with Crippen molar-refractivity contribution in [3.05, 3.63) is 29.3 Å². The van der Waals surface area contributed by atoms with E-state index in [1.807, 2.05) is 44.7 Å². The first-order chi connectivity index (χ1) is 12.6. The van der Waals surface area contributed by atoms with Crippen molar-refractivity contribution in [2.45, 2.75) is 46.1 Å². The lowest BCUT2D eigenvalue weighted by Crippen LogP contribution is -2.45. The summed E-state index contributed by atoms with van der Waals surface area (Å²) in [6, 6.07) is 5.55. The number of carbonyl (C=O) groups excluding carboxylic acids is 2. The number of amides is 2. The average molecular weight is 376 g/mol. The predicted octanol–water partition coefficient (Wildman–Crippen LogP) is 3.72. The summed E-state index contributed by atoms with van der Waals surface area (Å²) in [6.07, 6.45) is 1.60. The van der Waals surface area contributed by atoms with E-state index in [-0.39, 0.29) is 17.9 Å². The van der Waals surface area contributed by atoms with E-state index in [1.165, 1.54) is 0 Å². The van der Waals surface area contributed by atoms with E-state index < -0.39 is 5.60 Å². The Morgan fingerprint density at radius 3 is 2.63 bits per heavy atom. The van der Waals surface area contributed by atoms with Crippen molar-refractivity contribution in [2.24, 2.45) is 5.92 Å². The van der Waals surface area contributed by atoms with Crippen molar-refractivity contribution in [3.63, 3.8) is 0 Å². The molecule has 1 aromatic rings. The number of piperidine rings is 1. The van der Waals surface area contributed by atoms with Gasteiger partial charge in [0.25, 0.3) is 5.91 Å². The van der Waals surface area contributed by atoms with E-state index >= 15 is 0 Å². The average Bonchev–Trinajstić information content (AvgIpc) is 2.60. The van der Waals surface area contributed by atoms with Crippen LogP contribution in [0.5, 0.6) is 5.75 Å². The molecule has 1 heterocycles. The maximum absolute atomic E-state index is 12.9. The van der Waals surface area contributed by atoms with Crippen molar-refractivity contribution >= 4 is 12.0 Å². The second-order valence-corrected chi connectivity index (χ2v) is 8.30. The highest BCUT2D eigenvalue weighted by Crippen LogP contribution is 2.23. The van der Waals surface area contributed by atoms with E-state index in [1.54, 1.807) is 25.1 Å². The first-order valence-electron chi connectivity index (χ1n) is 9.48. The van der Waals surface area contributed by atoms with Gasteiger partial charge >= 0.3 is 6.09 Å². The maximum atomic E-state index is 12.9. The molecule has 0 aliphatic carbocycles. The molecule has 0 bridgehead atoms. The van der Waals surface area contributed by atoms with Crippen molar-refractivity contribution < 1.29 is 19.1 Å². The van der Waals surface area contributed by atoms with Gasteiger partial charge in [0.2, 0.25) is 0 Å². The summed E-state index contributed by atoms with van der Waals surface area (Å²) in [4.78, 5) is 28.6. The molecular formula is C21H32N2O4. The Morgan fingerprint density at radius 1 is 1.30 bits per heavy atom. The lowest BCUT2D eigenvalue weighted by Gasteiger charge is -2.35. The van der Waals surface area contributed by atoms with Gasteiger partial charge in [0.05, 0.1) is 7.11 Å². The molecule has 0 saturated carbocycles. The van der Waals surface area contributed by atoms with Crippen LogP contribution in [0.3, 0.4) is 0 Å². The van der Waals surface area contributed by atoms with Crippen LogP contribution in [0, 0.1) is 12.8 Å². The third-order valence-corrected chi connectivity index (χ3v) is 4.70. The fraction of sp³-hybridized carbons (Fsp3) is 0.619. The summed E-state index contributed by atoms with van der Waals surface area (Å²) < 4.78 is 10.7. The van der Waals surface area contributed by atoms with Gasteiger partial charge in [-0.15, -0.1) is 0 Å². The van der Waals surface area contributed by atoms with Crippen LogP contribution >= 0.6 is 0 Å². The number of methoxy groups -OCH3 is 1. The topological polar surface area (TPSA) is 59.1 Å². The highest BCUT2D eigenvalue weighted by Gasteiger charge is 2.28. The zero-order valence-electron chi connectivity index (χ0n) is 17.4. The molecule has 1 aromatic carbocycles. The van der Waals surface area contributed by atoms with E-state index in [9.17, 15) is 9.59 Å². The number of benzene rings is 1. The first kappa shape index (κ1) is 21.1. The summed E-state index contributed by atoms with van der Waals surface area (Å²) in [7, 11) is 3.36. The van der Waals surface area contributed by atoms with Crippen LogP contribution in [0.1, 0.15) is 49.5 Å². The molecule has 1 atom stereocenters. The van der Waals surface area contributed by atoms with Crippen LogP contribution in [-0.2, 0) is 4.74 Å². The van der Waals surface area contributed by atoms with E-state index in [4.69, 9.17) is 9.47 Å². The van der Waals surface area contributed by atoms with Crippen LogP contribution in [0.4, 0.5) is 4.79 Å². The van der Waals surface area contributed by atoms with Crippen molar-refractivity contribution in [1.82, 2.24) is 9.80 Å². The fourth-order valence-electron chi connectivity index (χ4n) is 3.34. The summed E-state index contributed by atoms with van der Waals surface area (Å²) in [5.74, 6) is 0.976. The zero-order valence-corrected chi connectivity index (χ0v) is 17.4. The summed E-state index contributed by atoms with van der Waals surface area (Å²) in [6.45, 7) is 9.48. The molecule has 6 nitrogen and oxygen atoms in total. The summed E-state index contributed by atoms with van der Waals surface area (Å²) in [5, 5.41) is 0. The second kappa shape index (κ2) is 8.63. The normalized spacial score (nSPS) is 17.4. The number of likely N-dealkylation sites (tertiary alicyclic amines) is 1. The van der Waals surface area contributed by atoms with Crippen LogP contribution in [0.15, 0.2) is 18.2 Å². The van der Waals surface area contributed by atoms with E-state index in [2.05, 4.69) is 0 Å². The van der Waals surface area contributed by atoms with Crippen molar-refractivity contribution in [2.75, 3.05) is 33.8 Å². The van der Waals surface area contributed by atoms with Gasteiger partial charge in [-0.1, -0.05) is 6.07 Å². The molecule has 0 radical (unpaired) electrons. The number of hydrogen-bond donors (Lipinski definition) is 0. The number of carbonyl (C=O) groups is 2. The monoisotopic (exact) mass is 376 g/mol. The highest BCUT2D eigenvalue weighted by atomic mass is 16.6. The van der Waals surface area contributed by atoms with Crippen LogP contribution < -0.4 is 4.74 Å². The molecule has 1 unspecified atom stereocenters. The Labute approximate surface area is 162 Å². The number of rotatable bonds is 4. The predicted molar refractivity (Wildman–Crippen MR) is 105 cm³/mol. The molecule has 0 spiro atoms. The van der Waals surface area contributed by atoms with Crippen molar-refractivity contribution in [3.8, 4) is 5.75 Å². The second-order valence-electron chi connectivity index (χ2n) is 8.30. The molecule has 1 aliphatic heterocycles. The first-order valence-corrected chi connectivity index (χ1v) is 9.48. The van der Waals surface area contributed by atoms with Gasteiger partial charge in [0.15, 0.2) is 0 Å². The highest BCUT2D eigenvalue weighted by molar-refractivity contribution is 5.94. The summed E-state index contributed by atoms with van der Waals surface area (Å²) >= 11 is 0. The van der Waals surface area contributed by atoms with Gasteiger partial charge in [-0.25, -0.2) is 4.79 Å². The third kappa shape index (κ3) is 5.88.